The predicted octanol–water partition coefficient (Wildman–Crippen LogP) is 1.59. The number of carbonyl (C=O) groups excluding carboxylic acids is 1. The molecule has 0 rings (SSSR count). The standard InChI is InChI=1S/C11H24N2OS/c1-10(2)12-11(14)6-9-15-8-5-7-13(3)4/h10H,5-9H2,1-4H3,(H,12,14). The SMILES string of the molecule is CC(C)NC(=O)CCSCCCN(C)C. The highest BCUT2D eigenvalue weighted by molar-refractivity contribution is 7.99. The molecule has 0 saturated heterocycles. The molecule has 0 spiro atoms. The molecule has 0 atom stereocenters. The third kappa shape index (κ3) is 11.7. The molecular formula is C11H24N2OS. The highest BCUT2D eigenvalue weighted by Crippen LogP contribution is 2.04. The third-order valence-corrected chi connectivity index (χ3v) is 2.89. The van der Waals surface area contributed by atoms with Crippen LogP contribution in [0.5, 0.6) is 0 Å². The van der Waals surface area contributed by atoms with Crippen molar-refractivity contribution in [1.82, 2.24) is 10.2 Å². The average Bonchev–Trinajstić information content (AvgIpc) is 2.09. The van der Waals surface area contributed by atoms with E-state index in [0.29, 0.717) is 6.42 Å². The van der Waals surface area contributed by atoms with Gasteiger partial charge in [0.05, 0.1) is 0 Å². The number of rotatable bonds is 8. The molecule has 0 aliphatic rings. The number of thioether (sulfide) groups is 1. The zero-order valence-electron chi connectivity index (χ0n) is 10.4. The van der Waals surface area contributed by atoms with Crippen LogP contribution in [-0.2, 0) is 4.79 Å². The van der Waals surface area contributed by atoms with Gasteiger partial charge in [-0.25, -0.2) is 0 Å². The van der Waals surface area contributed by atoms with E-state index in [1.165, 1.54) is 6.42 Å². The van der Waals surface area contributed by atoms with E-state index in [2.05, 4.69) is 24.3 Å². The molecule has 0 aliphatic heterocycles. The number of hydrogen-bond acceptors (Lipinski definition) is 3. The van der Waals surface area contributed by atoms with Gasteiger partial charge in [-0.2, -0.15) is 11.8 Å². The fourth-order valence-electron chi connectivity index (χ4n) is 1.14. The van der Waals surface area contributed by atoms with Crippen LogP contribution in [0.4, 0.5) is 0 Å². The summed E-state index contributed by atoms with van der Waals surface area (Å²) >= 11 is 1.86. The average molecular weight is 232 g/mol. The van der Waals surface area contributed by atoms with Crippen molar-refractivity contribution < 1.29 is 4.79 Å². The highest BCUT2D eigenvalue weighted by Gasteiger charge is 2.02. The van der Waals surface area contributed by atoms with E-state index in [1.54, 1.807) is 0 Å². The third-order valence-electron chi connectivity index (χ3n) is 1.82. The van der Waals surface area contributed by atoms with Crippen LogP contribution in [0.2, 0.25) is 0 Å². The van der Waals surface area contributed by atoms with Crippen molar-refractivity contribution in [2.75, 3.05) is 32.1 Å². The Balaban J connectivity index is 3.20. The molecule has 0 aromatic heterocycles. The van der Waals surface area contributed by atoms with Crippen LogP contribution >= 0.6 is 11.8 Å². The van der Waals surface area contributed by atoms with Gasteiger partial charge in [-0.3, -0.25) is 4.79 Å². The fourth-order valence-corrected chi connectivity index (χ4v) is 2.01. The summed E-state index contributed by atoms with van der Waals surface area (Å²) in [4.78, 5) is 13.4. The Morgan fingerprint density at radius 3 is 2.53 bits per heavy atom. The lowest BCUT2D eigenvalue weighted by Crippen LogP contribution is -2.30. The minimum absolute atomic E-state index is 0.171. The molecule has 15 heavy (non-hydrogen) atoms. The van der Waals surface area contributed by atoms with Crippen LogP contribution in [0.3, 0.4) is 0 Å². The van der Waals surface area contributed by atoms with Crippen molar-refractivity contribution in [2.45, 2.75) is 32.7 Å². The van der Waals surface area contributed by atoms with Gasteiger partial charge in [0.1, 0.15) is 0 Å². The zero-order valence-corrected chi connectivity index (χ0v) is 11.2. The molecule has 1 amide bonds. The summed E-state index contributed by atoms with van der Waals surface area (Å²) in [5, 5.41) is 2.89. The molecule has 0 fully saturated rings. The van der Waals surface area contributed by atoms with Gasteiger partial charge in [0, 0.05) is 18.2 Å². The Labute approximate surface area is 98.0 Å². The molecule has 0 heterocycles. The van der Waals surface area contributed by atoms with E-state index in [9.17, 15) is 4.79 Å². The van der Waals surface area contributed by atoms with Crippen molar-refractivity contribution in [1.29, 1.82) is 0 Å². The van der Waals surface area contributed by atoms with E-state index in [0.717, 1.165) is 18.1 Å². The summed E-state index contributed by atoms with van der Waals surface area (Å²) in [5.74, 6) is 2.25. The summed E-state index contributed by atoms with van der Waals surface area (Å²) in [6.45, 7) is 5.11. The molecule has 90 valence electrons. The van der Waals surface area contributed by atoms with E-state index < -0.39 is 0 Å². The molecule has 1 N–H and O–H groups in total. The second-order valence-corrected chi connectivity index (χ2v) is 5.47. The molecule has 0 aromatic rings. The number of nitrogens with one attached hydrogen (secondary N) is 1. The summed E-state index contributed by atoms with van der Waals surface area (Å²) < 4.78 is 0. The molecule has 0 aromatic carbocycles. The van der Waals surface area contributed by atoms with Crippen LogP contribution in [0.15, 0.2) is 0 Å². The van der Waals surface area contributed by atoms with Crippen molar-refractivity contribution in [2.24, 2.45) is 0 Å². The zero-order chi connectivity index (χ0) is 11.7. The van der Waals surface area contributed by atoms with Gasteiger partial charge < -0.3 is 10.2 Å². The Morgan fingerprint density at radius 2 is 2.00 bits per heavy atom. The topological polar surface area (TPSA) is 32.3 Å². The lowest BCUT2D eigenvalue weighted by Gasteiger charge is -2.09. The van der Waals surface area contributed by atoms with Crippen LogP contribution < -0.4 is 5.32 Å². The van der Waals surface area contributed by atoms with Crippen LogP contribution in [0, 0.1) is 0 Å². The molecule has 0 unspecified atom stereocenters. The molecular weight excluding hydrogens is 208 g/mol. The summed E-state index contributed by atoms with van der Waals surface area (Å²) in [7, 11) is 4.17. The number of carbonyl (C=O) groups is 1. The normalized spacial score (nSPS) is 11.1. The van der Waals surface area contributed by atoms with Crippen molar-refractivity contribution in [3.63, 3.8) is 0 Å². The van der Waals surface area contributed by atoms with E-state index in [4.69, 9.17) is 0 Å². The first-order valence-corrected chi connectivity index (χ1v) is 6.69. The highest BCUT2D eigenvalue weighted by atomic mass is 32.2. The second kappa shape index (κ2) is 9.04. The maximum absolute atomic E-state index is 11.3. The van der Waals surface area contributed by atoms with Crippen molar-refractivity contribution in [3.8, 4) is 0 Å². The molecule has 0 saturated carbocycles. The lowest BCUT2D eigenvalue weighted by molar-refractivity contribution is -0.121. The molecule has 3 nitrogen and oxygen atoms in total. The second-order valence-electron chi connectivity index (χ2n) is 4.24. The maximum Gasteiger partial charge on any atom is 0.221 e. The van der Waals surface area contributed by atoms with Crippen molar-refractivity contribution in [3.05, 3.63) is 0 Å². The summed E-state index contributed by atoms with van der Waals surface area (Å²) in [5.41, 5.74) is 0. The monoisotopic (exact) mass is 232 g/mol. The van der Waals surface area contributed by atoms with Gasteiger partial charge >= 0.3 is 0 Å². The van der Waals surface area contributed by atoms with Crippen LogP contribution in [0.25, 0.3) is 0 Å². The number of amides is 1. The molecule has 0 bridgehead atoms. The van der Waals surface area contributed by atoms with Crippen molar-refractivity contribution >= 4 is 17.7 Å². The largest absolute Gasteiger partial charge is 0.354 e. The minimum Gasteiger partial charge on any atom is -0.354 e. The van der Waals surface area contributed by atoms with Crippen LogP contribution in [0.1, 0.15) is 26.7 Å². The molecule has 0 radical (unpaired) electrons. The molecule has 4 heteroatoms. The van der Waals surface area contributed by atoms with Gasteiger partial charge in [0.15, 0.2) is 0 Å². The first-order valence-electron chi connectivity index (χ1n) is 5.54. The van der Waals surface area contributed by atoms with E-state index in [1.807, 2.05) is 25.6 Å². The minimum atomic E-state index is 0.171. The van der Waals surface area contributed by atoms with Crippen LogP contribution in [-0.4, -0.2) is 49.0 Å². The van der Waals surface area contributed by atoms with Gasteiger partial charge in [-0.15, -0.1) is 0 Å². The Bertz CT molecular complexity index is 172. The fraction of sp³-hybridized carbons (Fsp3) is 0.909. The smallest absolute Gasteiger partial charge is 0.221 e. The van der Waals surface area contributed by atoms with E-state index in [-0.39, 0.29) is 11.9 Å². The van der Waals surface area contributed by atoms with Gasteiger partial charge in [0.2, 0.25) is 5.91 Å². The Morgan fingerprint density at radius 1 is 1.33 bits per heavy atom. The Kier molecular flexibility index (Phi) is 8.91. The number of nitrogens with zero attached hydrogens (tertiary/aromatic N) is 1. The van der Waals surface area contributed by atoms with Gasteiger partial charge in [-0.05, 0) is 46.7 Å². The first-order chi connectivity index (χ1) is 7.02. The van der Waals surface area contributed by atoms with E-state index >= 15 is 0 Å². The maximum atomic E-state index is 11.3. The number of hydrogen-bond donors (Lipinski definition) is 1. The summed E-state index contributed by atoms with van der Waals surface area (Å²) in [6, 6.07) is 0.260. The summed E-state index contributed by atoms with van der Waals surface area (Å²) in [6.07, 6.45) is 1.84. The quantitative estimate of drug-likeness (QED) is 0.645. The van der Waals surface area contributed by atoms with Gasteiger partial charge in [0.25, 0.3) is 0 Å². The lowest BCUT2D eigenvalue weighted by atomic mass is 10.3. The van der Waals surface area contributed by atoms with Gasteiger partial charge in [-0.1, -0.05) is 0 Å². The Hall–Kier alpha value is -0.220. The predicted molar refractivity (Wildman–Crippen MR) is 68.4 cm³/mol. The first kappa shape index (κ1) is 14.8. The molecule has 0 aliphatic carbocycles.